The Labute approximate surface area is 127 Å². The average Bonchev–Trinajstić information content (AvgIpc) is 2.82. The molecule has 1 aliphatic heterocycles. The summed E-state index contributed by atoms with van der Waals surface area (Å²) in [5, 5.41) is 28.5. The molecule has 5 heteroatoms. The molecule has 0 aliphatic carbocycles. The second-order valence-electron chi connectivity index (χ2n) is 5.65. The van der Waals surface area contributed by atoms with Crippen LogP contribution in [0.4, 0.5) is 0 Å². The SMILES string of the molecule is C=CCCCCCCCCO[C@H](CO)[C@H]1OC[C@H](O)[C@H]1O. The summed E-state index contributed by atoms with van der Waals surface area (Å²) >= 11 is 0. The fraction of sp³-hybridized carbons (Fsp3) is 0.875. The Hall–Kier alpha value is -0.460. The van der Waals surface area contributed by atoms with Crippen LogP contribution in [0.2, 0.25) is 0 Å². The summed E-state index contributed by atoms with van der Waals surface area (Å²) in [5.41, 5.74) is 0. The summed E-state index contributed by atoms with van der Waals surface area (Å²) in [6, 6.07) is 0. The van der Waals surface area contributed by atoms with Crippen LogP contribution in [0.25, 0.3) is 0 Å². The minimum absolute atomic E-state index is 0.0937. The number of allylic oxidation sites excluding steroid dienone is 1. The number of aliphatic hydroxyl groups is 3. The fourth-order valence-electron chi connectivity index (χ4n) is 2.54. The highest BCUT2D eigenvalue weighted by Crippen LogP contribution is 2.19. The van der Waals surface area contributed by atoms with E-state index in [9.17, 15) is 15.3 Å². The standard InChI is InChI=1S/C16H30O5/c1-2-3-4-5-6-7-8-9-10-20-14(11-17)16-15(19)13(18)12-21-16/h2,13-19H,1,3-12H2/t13-,14+,15+,16+/m0/s1. The molecule has 124 valence electrons. The molecular weight excluding hydrogens is 272 g/mol. The number of hydrogen-bond donors (Lipinski definition) is 3. The summed E-state index contributed by atoms with van der Waals surface area (Å²) < 4.78 is 10.9. The molecule has 3 N–H and O–H groups in total. The van der Waals surface area contributed by atoms with Gasteiger partial charge in [0.15, 0.2) is 0 Å². The lowest BCUT2D eigenvalue weighted by Crippen LogP contribution is -2.42. The van der Waals surface area contributed by atoms with E-state index in [1.54, 1.807) is 0 Å². The number of rotatable bonds is 12. The molecule has 1 aliphatic rings. The van der Waals surface area contributed by atoms with Crippen LogP contribution in [0.3, 0.4) is 0 Å². The van der Waals surface area contributed by atoms with E-state index >= 15 is 0 Å². The molecule has 0 unspecified atom stereocenters. The molecule has 0 aromatic carbocycles. The predicted octanol–water partition coefficient (Wildman–Crippen LogP) is 1.40. The summed E-state index contributed by atoms with van der Waals surface area (Å²) in [7, 11) is 0. The predicted molar refractivity (Wildman–Crippen MR) is 81.1 cm³/mol. The molecule has 1 fully saturated rings. The molecule has 1 heterocycles. The third-order valence-electron chi connectivity index (χ3n) is 3.87. The Morgan fingerprint density at radius 3 is 2.38 bits per heavy atom. The molecule has 1 rings (SSSR count). The zero-order valence-corrected chi connectivity index (χ0v) is 12.8. The number of ether oxygens (including phenoxy) is 2. The summed E-state index contributed by atoms with van der Waals surface area (Å²) in [6.07, 6.45) is 6.89. The Morgan fingerprint density at radius 1 is 1.14 bits per heavy atom. The molecule has 0 aromatic rings. The average molecular weight is 302 g/mol. The topological polar surface area (TPSA) is 79.2 Å². The maximum absolute atomic E-state index is 9.73. The van der Waals surface area contributed by atoms with E-state index in [-0.39, 0.29) is 13.2 Å². The van der Waals surface area contributed by atoms with Gasteiger partial charge in [-0.25, -0.2) is 0 Å². The van der Waals surface area contributed by atoms with Gasteiger partial charge in [0.1, 0.15) is 24.4 Å². The third kappa shape index (κ3) is 6.89. The maximum Gasteiger partial charge on any atom is 0.114 e. The summed E-state index contributed by atoms with van der Waals surface area (Å²) in [5.74, 6) is 0. The molecule has 0 radical (unpaired) electrons. The van der Waals surface area contributed by atoms with E-state index in [1.165, 1.54) is 25.7 Å². The minimum Gasteiger partial charge on any atom is -0.394 e. The molecule has 0 amide bonds. The lowest BCUT2D eigenvalue weighted by Gasteiger charge is -2.24. The van der Waals surface area contributed by atoms with E-state index in [2.05, 4.69) is 6.58 Å². The normalized spacial score (nSPS) is 26.9. The third-order valence-corrected chi connectivity index (χ3v) is 3.87. The van der Waals surface area contributed by atoms with Gasteiger partial charge >= 0.3 is 0 Å². The summed E-state index contributed by atoms with van der Waals surface area (Å²) in [6.45, 7) is 4.13. The van der Waals surface area contributed by atoms with Crippen molar-refractivity contribution >= 4 is 0 Å². The van der Waals surface area contributed by atoms with Crippen molar-refractivity contribution in [3.8, 4) is 0 Å². The molecule has 0 bridgehead atoms. The Morgan fingerprint density at radius 2 is 1.81 bits per heavy atom. The molecule has 0 aromatic heterocycles. The summed E-state index contributed by atoms with van der Waals surface area (Å²) in [4.78, 5) is 0. The number of aliphatic hydroxyl groups excluding tert-OH is 3. The van der Waals surface area contributed by atoms with Crippen LogP contribution in [0.15, 0.2) is 12.7 Å². The number of unbranched alkanes of at least 4 members (excludes halogenated alkanes) is 6. The first-order valence-electron chi connectivity index (χ1n) is 8.01. The van der Waals surface area contributed by atoms with Crippen LogP contribution in [0.5, 0.6) is 0 Å². The van der Waals surface area contributed by atoms with Gasteiger partial charge in [-0.1, -0.05) is 31.8 Å². The minimum atomic E-state index is -0.980. The molecule has 0 saturated carbocycles. The van der Waals surface area contributed by atoms with Crippen molar-refractivity contribution in [2.75, 3.05) is 19.8 Å². The highest BCUT2D eigenvalue weighted by atomic mass is 16.6. The van der Waals surface area contributed by atoms with Crippen molar-refractivity contribution in [1.29, 1.82) is 0 Å². The van der Waals surface area contributed by atoms with Crippen LogP contribution >= 0.6 is 0 Å². The van der Waals surface area contributed by atoms with Gasteiger partial charge in [-0.05, 0) is 19.3 Å². The second-order valence-corrected chi connectivity index (χ2v) is 5.65. The van der Waals surface area contributed by atoms with Crippen molar-refractivity contribution < 1.29 is 24.8 Å². The Balaban J connectivity index is 2.04. The van der Waals surface area contributed by atoms with Gasteiger partial charge in [0.05, 0.1) is 13.2 Å². The van der Waals surface area contributed by atoms with Gasteiger partial charge in [-0.2, -0.15) is 0 Å². The highest BCUT2D eigenvalue weighted by molar-refractivity contribution is 4.88. The first-order valence-corrected chi connectivity index (χ1v) is 8.01. The van der Waals surface area contributed by atoms with E-state index < -0.39 is 24.4 Å². The quantitative estimate of drug-likeness (QED) is 0.375. The lowest BCUT2D eigenvalue weighted by atomic mass is 10.1. The fourth-order valence-corrected chi connectivity index (χ4v) is 2.54. The molecule has 4 atom stereocenters. The molecule has 5 nitrogen and oxygen atoms in total. The van der Waals surface area contributed by atoms with Crippen LogP contribution in [-0.2, 0) is 9.47 Å². The number of hydrogen-bond acceptors (Lipinski definition) is 5. The van der Waals surface area contributed by atoms with Gasteiger partial charge in [0.25, 0.3) is 0 Å². The molecule has 21 heavy (non-hydrogen) atoms. The van der Waals surface area contributed by atoms with E-state index in [0.29, 0.717) is 6.61 Å². The van der Waals surface area contributed by atoms with Crippen molar-refractivity contribution in [3.63, 3.8) is 0 Å². The zero-order valence-electron chi connectivity index (χ0n) is 12.8. The van der Waals surface area contributed by atoms with E-state index in [1.807, 2.05) is 6.08 Å². The van der Waals surface area contributed by atoms with E-state index in [4.69, 9.17) is 9.47 Å². The van der Waals surface area contributed by atoms with Crippen molar-refractivity contribution in [1.82, 2.24) is 0 Å². The van der Waals surface area contributed by atoms with Crippen molar-refractivity contribution in [3.05, 3.63) is 12.7 Å². The molecular formula is C16H30O5. The van der Waals surface area contributed by atoms with Crippen molar-refractivity contribution in [2.45, 2.75) is 69.4 Å². The van der Waals surface area contributed by atoms with Gasteiger partial charge in [-0.3, -0.25) is 0 Å². The zero-order chi connectivity index (χ0) is 15.5. The Kier molecular flexibility index (Phi) is 9.87. The van der Waals surface area contributed by atoms with Crippen LogP contribution in [-0.4, -0.2) is 59.6 Å². The Bertz CT molecular complexity index is 271. The van der Waals surface area contributed by atoms with Gasteiger partial charge in [0.2, 0.25) is 0 Å². The van der Waals surface area contributed by atoms with Crippen LogP contribution in [0, 0.1) is 0 Å². The molecule has 0 spiro atoms. The van der Waals surface area contributed by atoms with Crippen LogP contribution < -0.4 is 0 Å². The smallest absolute Gasteiger partial charge is 0.114 e. The van der Waals surface area contributed by atoms with Crippen LogP contribution in [0.1, 0.15) is 44.9 Å². The van der Waals surface area contributed by atoms with Gasteiger partial charge in [0, 0.05) is 6.61 Å². The maximum atomic E-state index is 9.73. The monoisotopic (exact) mass is 302 g/mol. The lowest BCUT2D eigenvalue weighted by molar-refractivity contribution is -0.101. The van der Waals surface area contributed by atoms with Gasteiger partial charge < -0.3 is 24.8 Å². The second kappa shape index (κ2) is 11.2. The van der Waals surface area contributed by atoms with Crippen molar-refractivity contribution in [2.24, 2.45) is 0 Å². The largest absolute Gasteiger partial charge is 0.394 e. The first-order chi connectivity index (χ1) is 10.2. The van der Waals surface area contributed by atoms with Gasteiger partial charge in [-0.15, -0.1) is 6.58 Å². The molecule has 1 saturated heterocycles. The highest BCUT2D eigenvalue weighted by Gasteiger charge is 2.40. The van der Waals surface area contributed by atoms with E-state index in [0.717, 1.165) is 19.3 Å². The first kappa shape index (κ1) is 18.6.